The van der Waals surface area contributed by atoms with Crippen molar-refractivity contribution in [2.24, 2.45) is 0 Å². The monoisotopic (exact) mass is 456 g/mol. The minimum atomic E-state index is -1.88. The van der Waals surface area contributed by atoms with Crippen LogP contribution in [0.2, 0.25) is 18.1 Å². The fraction of sp³-hybridized carbons (Fsp3) is 0.481. The van der Waals surface area contributed by atoms with E-state index in [1.807, 2.05) is 18.2 Å². The van der Waals surface area contributed by atoms with Crippen molar-refractivity contribution in [2.45, 2.75) is 72.4 Å². The molecule has 5 heteroatoms. The molecule has 0 N–H and O–H groups in total. The zero-order chi connectivity index (χ0) is 23.8. The van der Waals surface area contributed by atoms with Crippen molar-refractivity contribution < 1.29 is 18.6 Å². The molecule has 2 aromatic rings. The quantitative estimate of drug-likeness (QED) is 0.202. The molecule has 0 saturated carbocycles. The van der Waals surface area contributed by atoms with Gasteiger partial charge in [-0.1, -0.05) is 62.8 Å². The Balaban J connectivity index is 2.39. The predicted molar refractivity (Wildman–Crippen MR) is 135 cm³/mol. The van der Waals surface area contributed by atoms with Gasteiger partial charge in [0.2, 0.25) is 0 Å². The molecule has 0 aliphatic rings. The minimum absolute atomic E-state index is 0.151. The lowest BCUT2D eigenvalue weighted by atomic mass is 10.0. The van der Waals surface area contributed by atoms with Crippen LogP contribution in [0, 0.1) is 0 Å². The van der Waals surface area contributed by atoms with Crippen molar-refractivity contribution in [1.82, 2.24) is 0 Å². The third-order valence-electron chi connectivity index (χ3n) is 5.92. The molecule has 2 aromatic carbocycles. The second-order valence-corrected chi connectivity index (χ2v) is 14.7. The lowest BCUT2D eigenvalue weighted by molar-refractivity contribution is 0.0501. The molecule has 0 aliphatic heterocycles. The topological polar surface area (TPSA) is 36.9 Å². The van der Waals surface area contributed by atoms with Gasteiger partial charge in [-0.05, 0) is 61.7 Å². The van der Waals surface area contributed by atoms with Crippen LogP contribution in [0.15, 0.2) is 54.1 Å². The summed E-state index contributed by atoms with van der Waals surface area (Å²) < 4.78 is 24.0. The summed E-state index contributed by atoms with van der Waals surface area (Å²) >= 11 is 0. The van der Waals surface area contributed by atoms with Gasteiger partial charge < -0.3 is 18.6 Å². The first-order valence-electron chi connectivity index (χ1n) is 11.2. The highest BCUT2D eigenvalue weighted by Gasteiger charge is 2.37. The Morgan fingerprint density at radius 1 is 0.906 bits per heavy atom. The van der Waals surface area contributed by atoms with E-state index in [4.69, 9.17) is 18.6 Å². The fourth-order valence-electron chi connectivity index (χ4n) is 2.86. The van der Waals surface area contributed by atoms with Gasteiger partial charge in [0.1, 0.15) is 18.1 Å². The molecular weight excluding hydrogens is 416 g/mol. The van der Waals surface area contributed by atoms with Crippen LogP contribution in [-0.4, -0.2) is 22.2 Å². The number of allylic oxidation sites excluding steroid dienone is 2. The molecule has 0 atom stereocenters. The lowest BCUT2D eigenvalue weighted by Crippen LogP contribution is -2.40. The third-order valence-corrected chi connectivity index (χ3v) is 10.4. The Labute approximate surface area is 195 Å². The molecule has 0 saturated heterocycles. The molecule has 32 heavy (non-hydrogen) atoms. The number of benzene rings is 2. The van der Waals surface area contributed by atoms with Crippen LogP contribution in [0.1, 0.15) is 51.3 Å². The first-order chi connectivity index (χ1) is 15.0. The van der Waals surface area contributed by atoms with Gasteiger partial charge >= 0.3 is 0 Å². The molecule has 0 radical (unpaired) electrons. The smallest absolute Gasteiger partial charge is 0.192 e. The summed E-state index contributed by atoms with van der Waals surface area (Å²) in [4.78, 5) is 0. The molecule has 4 nitrogen and oxygen atoms in total. The van der Waals surface area contributed by atoms with E-state index >= 15 is 0 Å². The highest BCUT2D eigenvalue weighted by molar-refractivity contribution is 6.74. The zero-order valence-electron chi connectivity index (χ0n) is 21.1. The van der Waals surface area contributed by atoms with Gasteiger partial charge in [-0.3, -0.25) is 0 Å². The van der Waals surface area contributed by atoms with Gasteiger partial charge in [0.15, 0.2) is 15.1 Å². The first-order valence-corrected chi connectivity index (χ1v) is 14.2. The number of hydrogen-bond donors (Lipinski definition) is 0. The predicted octanol–water partition coefficient (Wildman–Crippen LogP) is 7.28. The van der Waals surface area contributed by atoms with E-state index in [1.54, 1.807) is 7.11 Å². The van der Waals surface area contributed by atoms with E-state index in [0.29, 0.717) is 13.2 Å². The van der Waals surface area contributed by atoms with Crippen LogP contribution < -0.4 is 9.47 Å². The molecule has 0 aromatic heterocycles. The van der Waals surface area contributed by atoms with Crippen LogP contribution in [0.5, 0.6) is 11.5 Å². The van der Waals surface area contributed by atoms with Crippen molar-refractivity contribution in [3.8, 4) is 11.5 Å². The molecule has 0 bridgehead atoms. The molecule has 0 amide bonds. The van der Waals surface area contributed by atoms with Crippen LogP contribution in [0.3, 0.4) is 0 Å². The Kier molecular flexibility index (Phi) is 9.56. The van der Waals surface area contributed by atoms with Crippen LogP contribution in [-0.2, 0) is 28.8 Å². The molecule has 0 fully saturated rings. The normalized spacial score (nSPS) is 11.9. The average molecular weight is 457 g/mol. The summed E-state index contributed by atoms with van der Waals surface area (Å²) in [5, 5.41) is 0.151. The Morgan fingerprint density at radius 3 is 2.09 bits per heavy atom. The third kappa shape index (κ3) is 7.80. The van der Waals surface area contributed by atoms with E-state index < -0.39 is 8.32 Å². The number of rotatable bonds is 11. The average Bonchev–Trinajstić information content (AvgIpc) is 2.73. The molecule has 176 valence electrons. The molecule has 2 rings (SSSR count). The highest BCUT2D eigenvalue weighted by Crippen LogP contribution is 2.38. The Bertz CT molecular complexity index is 879. The van der Waals surface area contributed by atoms with Crippen molar-refractivity contribution in [3.05, 3.63) is 70.8 Å². The molecule has 0 heterocycles. The van der Waals surface area contributed by atoms with Crippen molar-refractivity contribution in [3.63, 3.8) is 0 Å². The second kappa shape index (κ2) is 11.7. The summed E-state index contributed by atoms with van der Waals surface area (Å²) in [6, 6.07) is 14.4. The van der Waals surface area contributed by atoms with Gasteiger partial charge in [0.05, 0.1) is 6.61 Å². The Hall–Kier alpha value is -2.08. The number of methoxy groups -OCH3 is 1. The van der Waals surface area contributed by atoms with Gasteiger partial charge in [-0.2, -0.15) is 0 Å². The van der Waals surface area contributed by atoms with Crippen LogP contribution in [0.25, 0.3) is 0 Å². The van der Waals surface area contributed by atoms with Crippen molar-refractivity contribution in [1.29, 1.82) is 0 Å². The molecule has 0 unspecified atom stereocenters. The SMILES string of the molecule is COCOc1cc(CO[Si](C)(C)C(C)(C)C)cc(OCc2ccccc2)c1CC=C(C)C. The van der Waals surface area contributed by atoms with E-state index in [9.17, 15) is 0 Å². The van der Waals surface area contributed by atoms with Gasteiger partial charge in [-0.25, -0.2) is 0 Å². The number of hydrogen-bond acceptors (Lipinski definition) is 4. The Morgan fingerprint density at radius 2 is 1.53 bits per heavy atom. The molecule has 0 aliphatic carbocycles. The maximum Gasteiger partial charge on any atom is 0.192 e. The van der Waals surface area contributed by atoms with E-state index in [1.165, 1.54) is 5.57 Å². The van der Waals surface area contributed by atoms with Crippen molar-refractivity contribution in [2.75, 3.05) is 13.9 Å². The lowest BCUT2D eigenvalue weighted by Gasteiger charge is -2.36. The summed E-state index contributed by atoms with van der Waals surface area (Å²) in [6.07, 6.45) is 2.92. The summed E-state index contributed by atoms with van der Waals surface area (Å²) in [7, 11) is -0.247. The first kappa shape index (κ1) is 26.2. The van der Waals surface area contributed by atoms with Gasteiger partial charge in [0.25, 0.3) is 0 Å². The van der Waals surface area contributed by atoms with Crippen LogP contribution in [0.4, 0.5) is 0 Å². The van der Waals surface area contributed by atoms with Crippen LogP contribution >= 0.6 is 0 Å². The van der Waals surface area contributed by atoms with E-state index in [2.05, 4.69) is 78.1 Å². The molecular formula is C27H40O4Si. The second-order valence-electron chi connectivity index (χ2n) is 9.93. The minimum Gasteiger partial charge on any atom is -0.488 e. The van der Waals surface area contributed by atoms with Crippen molar-refractivity contribution >= 4 is 8.32 Å². The summed E-state index contributed by atoms with van der Waals surface area (Å²) in [5.41, 5.74) is 4.45. The van der Waals surface area contributed by atoms with Gasteiger partial charge in [-0.15, -0.1) is 0 Å². The van der Waals surface area contributed by atoms with E-state index in [-0.39, 0.29) is 11.8 Å². The summed E-state index contributed by atoms with van der Waals surface area (Å²) in [5.74, 6) is 1.61. The largest absolute Gasteiger partial charge is 0.488 e. The fourth-order valence-corrected chi connectivity index (χ4v) is 3.82. The highest BCUT2D eigenvalue weighted by atomic mass is 28.4. The summed E-state index contributed by atoms with van der Waals surface area (Å²) in [6.45, 7) is 16.7. The van der Waals surface area contributed by atoms with E-state index in [0.717, 1.165) is 34.6 Å². The standard InChI is InChI=1S/C27H40O4Si/c1-21(2)14-15-24-25(29-18-22-12-10-9-11-13-22)16-23(17-26(24)30-20-28-6)19-31-32(7,8)27(3,4)5/h9-14,16-17H,15,18-20H2,1-8H3. The number of ether oxygens (including phenoxy) is 3. The maximum absolute atomic E-state index is 6.48. The molecule has 0 spiro atoms. The maximum atomic E-state index is 6.48. The zero-order valence-corrected chi connectivity index (χ0v) is 22.1. The van der Waals surface area contributed by atoms with Gasteiger partial charge in [0, 0.05) is 12.7 Å².